The van der Waals surface area contributed by atoms with Crippen molar-refractivity contribution in [1.29, 1.82) is 0 Å². The van der Waals surface area contributed by atoms with Crippen LogP contribution in [0.3, 0.4) is 0 Å². The Hall–Kier alpha value is -2.08. The summed E-state index contributed by atoms with van der Waals surface area (Å²) in [6, 6.07) is 7.54. The first-order valence-electron chi connectivity index (χ1n) is 7.23. The average Bonchev–Trinajstić information content (AvgIpc) is 2.93. The lowest BCUT2D eigenvalue weighted by Crippen LogP contribution is -2.29. The normalized spacial score (nSPS) is 14.3. The molecule has 1 fully saturated rings. The van der Waals surface area contributed by atoms with Crippen LogP contribution in [0.4, 0.5) is 5.69 Å². The van der Waals surface area contributed by atoms with Crippen LogP contribution in [0.1, 0.15) is 32.1 Å². The van der Waals surface area contributed by atoms with E-state index in [0.717, 1.165) is 37.2 Å². The number of rotatable bonds is 7. The Kier molecular flexibility index (Phi) is 5.57. The fraction of sp³-hybridized carbons (Fsp3) is 0.467. The van der Waals surface area contributed by atoms with Crippen LogP contribution >= 0.6 is 0 Å². The van der Waals surface area contributed by atoms with Crippen molar-refractivity contribution in [2.75, 3.05) is 18.1 Å². The maximum absolute atomic E-state index is 11.6. The molecule has 114 valence electrons. The Bertz CT molecular complexity index is 487. The highest BCUT2D eigenvalue weighted by atomic mass is 16.5. The van der Waals surface area contributed by atoms with Crippen molar-refractivity contribution in [1.82, 2.24) is 5.43 Å². The van der Waals surface area contributed by atoms with Gasteiger partial charge in [0, 0.05) is 25.1 Å². The minimum Gasteiger partial charge on any atom is -0.494 e. The Morgan fingerprint density at radius 1 is 1.29 bits per heavy atom. The number of anilines is 1. The summed E-state index contributed by atoms with van der Waals surface area (Å²) in [5.74, 6) is 5.79. The molecule has 6 heteroatoms. The maximum Gasteiger partial charge on any atom is 0.233 e. The summed E-state index contributed by atoms with van der Waals surface area (Å²) in [5, 5.41) is 0. The minimum absolute atomic E-state index is 0.158. The molecule has 1 saturated heterocycles. The first-order valence-corrected chi connectivity index (χ1v) is 7.23. The standard InChI is InChI=1S/C15H21N3O3/c16-17-14(19)4-1-2-11-21-13-8-6-12(7-9-13)18-10-3-5-15(18)20/h6-9H,1-5,10-11,16H2,(H,17,19). The van der Waals surface area contributed by atoms with Crippen molar-refractivity contribution < 1.29 is 14.3 Å². The van der Waals surface area contributed by atoms with Gasteiger partial charge in [-0.3, -0.25) is 15.0 Å². The van der Waals surface area contributed by atoms with Crippen LogP contribution in [0.15, 0.2) is 24.3 Å². The number of hydrogen-bond acceptors (Lipinski definition) is 4. The largest absolute Gasteiger partial charge is 0.494 e. The number of ether oxygens (including phenoxy) is 1. The van der Waals surface area contributed by atoms with Gasteiger partial charge in [-0.1, -0.05) is 0 Å². The van der Waals surface area contributed by atoms with E-state index in [-0.39, 0.29) is 11.8 Å². The van der Waals surface area contributed by atoms with Crippen molar-refractivity contribution in [3.05, 3.63) is 24.3 Å². The smallest absolute Gasteiger partial charge is 0.233 e. The van der Waals surface area contributed by atoms with Gasteiger partial charge in [0.1, 0.15) is 5.75 Å². The zero-order valence-electron chi connectivity index (χ0n) is 12.0. The lowest BCUT2D eigenvalue weighted by molar-refractivity contribution is -0.121. The molecule has 2 amide bonds. The fourth-order valence-electron chi connectivity index (χ4n) is 2.29. The molecule has 1 heterocycles. The SMILES string of the molecule is NNC(=O)CCCCOc1ccc(N2CCCC2=O)cc1. The molecule has 21 heavy (non-hydrogen) atoms. The molecule has 3 N–H and O–H groups in total. The van der Waals surface area contributed by atoms with Crippen molar-refractivity contribution in [2.45, 2.75) is 32.1 Å². The predicted molar refractivity (Wildman–Crippen MR) is 79.7 cm³/mol. The Labute approximate surface area is 124 Å². The molecule has 0 saturated carbocycles. The Morgan fingerprint density at radius 2 is 2.05 bits per heavy atom. The van der Waals surface area contributed by atoms with Crippen molar-refractivity contribution >= 4 is 17.5 Å². The molecule has 0 aliphatic carbocycles. The third kappa shape index (κ3) is 4.46. The molecule has 1 aliphatic rings. The number of unbranched alkanes of at least 4 members (excludes halogenated alkanes) is 1. The number of nitrogens with one attached hydrogen (secondary N) is 1. The zero-order valence-corrected chi connectivity index (χ0v) is 12.0. The van der Waals surface area contributed by atoms with Crippen LogP contribution in [-0.2, 0) is 9.59 Å². The van der Waals surface area contributed by atoms with Gasteiger partial charge in [-0.15, -0.1) is 0 Å². The van der Waals surface area contributed by atoms with E-state index in [1.807, 2.05) is 24.3 Å². The van der Waals surface area contributed by atoms with E-state index in [2.05, 4.69) is 5.43 Å². The Balaban J connectivity index is 1.72. The van der Waals surface area contributed by atoms with Crippen molar-refractivity contribution in [3.63, 3.8) is 0 Å². The van der Waals surface area contributed by atoms with Crippen molar-refractivity contribution in [2.24, 2.45) is 5.84 Å². The lowest BCUT2D eigenvalue weighted by atomic mass is 10.2. The van der Waals surface area contributed by atoms with E-state index in [4.69, 9.17) is 10.6 Å². The monoisotopic (exact) mass is 291 g/mol. The molecule has 0 aromatic heterocycles. The second kappa shape index (κ2) is 7.64. The molecule has 1 aromatic carbocycles. The Morgan fingerprint density at radius 3 is 2.67 bits per heavy atom. The number of nitrogens with two attached hydrogens (primary N) is 1. The first-order chi connectivity index (χ1) is 10.2. The van der Waals surface area contributed by atoms with E-state index in [0.29, 0.717) is 19.4 Å². The van der Waals surface area contributed by atoms with Crippen LogP contribution < -0.4 is 20.9 Å². The summed E-state index contributed by atoms with van der Waals surface area (Å²) in [5.41, 5.74) is 3.02. The number of carbonyl (C=O) groups excluding carboxylic acids is 2. The van der Waals surface area contributed by atoms with Gasteiger partial charge in [-0.25, -0.2) is 5.84 Å². The summed E-state index contributed by atoms with van der Waals surface area (Å²) in [7, 11) is 0. The molecule has 0 bridgehead atoms. The minimum atomic E-state index is -0.158. The molecule has 1 aromatic rings. The van der Waals surface area contributed by atoms with Gasteiger partial charge in [-0.05, 0) is 43.5 Å². The van der Waals surface area contributed by atoms with Crippen LogP contribution in [0.5, 0.6) is 5.75 Å². The third-order valence-electron chi connectivity index (χ3n) is 3.45. The van der Waals surface area contributed by atoms with Crippen molar-refractivity contribution in [3.8, 4) is 5.75 Å². The molecule has 6 nitrogen and oxygen atoms in total. The van der Waals surface area contributed by atoms with Crippen LogP contribution in [0.25, 0.3) is 0 Å². The zero-order chi connectivity index (χ0) is 15.1. The predicted octanol–water partition coefficient (Wildman–Crippen LogP) is 1.35. The average molecular weight is 291 g/mol. The van der Waals surface area contributed by atoms with E-state index < -0.39 is 0 Å². The van der Waals surface area contributed by atoms with Gasteiger partial charge in [0.05, 0.1) is 6.61 Å². The highest BCUT2D eigenvalue weighted by molar-refractivity contribution is 5.95. The molecular weight excluding hydrogens is 270 g/mol. The maximum atomic E-state index is 11.6. The van der Waals surface area contributed by atoms with Crippen LogP contribution in [-0.4, -0.2) is 25.0 Å². The second-order valence-corrected chi connectivity index (χ2v) is 5.02. The molecule has 0 spiro atoms. The number of carbonyl (C=O) groups is 2. The van der Waals surface area contributed by atoms with Gasteiger partial charge in [-0.2, -0.15) is 0 Å². The lowest BCUT2D eigenvalue weighted by Gasteiger charge is -2.16. The third-order valence-corrected chi connectivity index (χ3v) is 3.45. The highest BCUT2D eigenvalue weighted by Crippen LogP contribution is 2.23. The molecule has 1 aliphatic heterocycles. The summed E-state index contributed by atoms with van der Waals surface area (Å²) in [6.45, 7) is 1.35. The number of nitrogens with zero attached hydrogens (tertiary/aromatic N) is 1. The first kappa shape index (κ1) is 15.3. The number of hydrazine groups is 1. The second-order valence-electron chi connectivity index (χ2n) is 5.02. The van der Waals surface area contributed by atoms with Crippen LogP contribution in [0, 0.1) is 0 Å². The topological polar surface area (TPSA) is 84.7 Å². The van der Waals surface area contributed by atoms with E-state index in [9.17, 15) is 9.59 Å². The molecule has 0 radical (unpaired) electrons. The molecule has 2 rings (SSSR count). The summed E-state index contributed by atoms with van der Waals surface area (Å²) >= 11 is 0. The van der Waals surface area contributed by atoms with Gasteiger partial charge >= 0.3 is 0 Å². The fourth-order valence-corrected chi connectivity index (χ4v) is 2.29. The molecular formula is C15H21N3O3. The number of benzene rings is 1. The van der Waals surface area contributed by atoms with Gasteiger partial charge < -0.3 is 9.64 Å². The molecule has 0 unspecified atom stereocenters. The summed E-state index contributed by atoms with van der Waals surface area (Å²) in [4.78, 5) is 24.4. The van der Waals surface area contributed by atoms with E-state index in [1.165, 1.54) is 0 Å². The number of amides is 2. The highest BCUT2D eigenvalue weighted by Gasteiger charge is 2.21. The molecule has 0 atom stereocenters. The number of hydrogen-bond donors (Lipinski definition) is 2. The van der Waals surface area contributed by atoms with Gasteiger partial charge in [0.25, 0.3) is 0 Å². The van der Waals surface area contributed by atoms with E-state index >= 15 is 0 Å². The van der Waals surface area contributed by atoms with Crippen LogP contribution in [0.2, 0.25) is 0 Å². The summed E-state index contributed by atoms with van der Waals surface area (Å²) < 4.78 is 5.60. The van der Waals surface area contributed by atoms with Gasteiger partial charge in [0.2, 0.25) is 11.8 Å². The van der Waals surface area contributed by atoms with Gasteiger partial charge in [0.15, 0.2) is 0 Å². The summed E-state index contributed by atoms with van der Waals surface area (Å²) in [6.07, 6.45) is 3.50. The quantitative estimate of drug-likeness (QED) is 0.344. The van der Waals surface area contributed by atoms with E-state index in [1.54, 1.807) is 4.90 Å².